The summed E-state index contributed by atoms with van der Waals surface area (Å²) in [6.45, 7) is 10.7. The third kappa shape index (κ3) is 3.91. The third-order valence-electron chi connectivity index (χ3n) is 7.72. The van der Waals surface area contributed by atoms with E-state index in [1.54, 1.807) is 7.11 Å². The molecule has 0 saturated carbocycles. The minimum absolute atomic E-state index is 0.0210. The second-order valence-corrected chi connectivity index (χ2v) is 10.2. The largest absolute Gasteiger partial charge is 0.390 e. The van der Waals surface area contributed by atoms with E-state index in [2.05, 4.69) is 52.1 Å². The van der Waals surface area contributed by atoms with Crippen LogP contribution in [0.25, 0.3) is 0 Å². The maximum Gasteiger partial charge on any atom is 0.235 e. The van der Waals surface area contributed by atoms with Crippen LogP contribution in [0, 0.1) is 29.1 Å². The van der Waals surface area contributed by atoms with E-state index in [4.69, 9.17) is 4.74 Å². The SMILES string of the molecule is CO[C@@H]1CC(=O)[C@]23C(=O)N[C@H](CC(C)C)[C@@H]2[C@H](C)C(C)=C[C@@H]3/C=C(\C)CCC[C@@H]1O. The molecule has 30 heavy (non-hydrogen) atoms. The quantitative estimate of drug-likeness (QED) is 0.541. The molecule has 2 N–H and O–H groups in total. The molecule has 7 atom stereocenters. The molecule has 5 nitrogen and oxygen atoms in total. The smallest absolute Gasteiger partial charge is 0.235 e. The number of rotatable bonds is 3. The van der Waals surface area contributed by atoms with Crippen molar-refractivity contribution in [3.05, 3.63) is 23.3 Å². The first-order valence-electron chi connectivity index (χ1n) is 11.5. The Kier molecular flexibility index (Phi) is 6.93. The summed E-state index contributed by atoms with van der Waals surface area (Å²) in [5.41, 5.74) is 1.30. The van der Waals surface area contributed by atoms with Gasteiger partial charge < -0.3 is 15.2 Å². The van der Waals surface area contributed by atoms with Crippen molar-refractivity contribution in [3.8, 4) is 0 Å². The van der Waals surface area contributed by atoms with Gasteiger partial charge >= 0.3 is 0 Å². The average molecular weight is 418 g/mol. The summed E-state index contributed by atoms with van der Waals surface area (Å²) in [6, 6.07) is -0.0210. The fraction of sp³-hybridized carbons (Fsp3) is 0.760. The van der Waals surface area contributed by atoms with E-state index in [1.165, 1.54) is 11.1 Å². The zero-order valence-electron chi connectivity index (χ0n) is 19.4. The standard InChI is InChI=1S/C25H39NO4/c1-14(2)10-19-23-17(5)16(4)12-18-11-15(3)8-7-9-20(27)21(30-6)13-22(28)25(18,23)24(29)26-19/h11-12,14,17-21,23,27H,7-10,13H2,1-6H3,(H,26,29)/b15-11+/t17-,18+,19-,20+,21-,23+,25+/m1/s1. The second-order valence-electron chi connectivity index (χ2n) is 10.2. The maximum absolute atomic E-state index is 14.0. The van der Waals surface area contributed by atoms with Crippen LogP contribution in [0.4, 0.5) is 0 Å². The molecule has 0 bridgehead atoms. The van der Waals surface area contributed by atoms with Gasteiger partial charge in [0.2, 0.25) is 5.91 Å². The van der Waals surface area contributed by atoms with Crippen molar-refractivity contribution in [1.82, 2.24) is 5.32 Å². The fourth-order valence-electron chi connectivity index (χ4n) is 6.10. The Balaban J connectivity index is 2.18. The van der Waals surface area contributed by atoms with Gasteiger partial charge in [0.15, 0.2) is 5.78 Å². The summed E-state index contributed by atoms with van der Waals surface area (Å²) < 4.78 is 5.54. The van der Waals surface area contributed by atoms with Crippen molar-refractivity contribution >= 4 is 11.7 Å². The van der Waals surface area contributed by atoms with E-state index < -0.39 is 17.6 Å². The van der Waals surface area contributed by atoms with Crippen LogP contribution in [0.5, 0.6) is 0 Å². The molecular formula is C25H39NO4. The summed E-state index contributed by atoms with van der Waals surface area (Å²) in [7, 11) is 1.54. The molecule has 3 rings (SSSR count). The first-order valence-corrected chi connectivity index (χ1v) is 11.5. The molecule has 3 aliphatic rings. The van der Waals surface area contributed by atoms with Crippen molar-refractivity contribution in [2.24, 2.45) is 29.1 Å². The summed E-state index contributed by atoms with van der Waals surface area (Å²) >= 11 is 0. The van der Waals surface area contributed by atoms with Gasteiger partial charge in [0.1, 0.15) is 5.41 Å². The first-order chi connectivity index (χ1) is 14.1. The molecule has 0 aromatic carbocycles. The van der Waals surface area contributed by atoms with E-state index in [1.807, 2.05) is 0 Å². The fourth-order valence-corrected chi connectivity index (χ4v) is 6.10. The topological polar surface area (TPSA) is 75.6 Å². The molecule has 168 valence electrons. The van der Waals surface area contributed by atoms with Gasteiger partial charge in [0, 0.05) is 31.4 Å². The number of carbonyl (C=O) groups excluding carboxylic acids is 2. The zero-order valence-corrected chi connectivity index (χ0v) is 19.4. The Morgan fingerprint density at radius 3 is 2.60 bits per heavy atom. The van der Waals surface area contributed by atoms with Crippen molar-refractivity contribution < 1.29 is 19.4 Å². The highest BCUT2D eigenvalue weighted by Gasteiger charge is 2.65. The van der Waals surface area contributed by atoms with Gasteiger partial charge in [-0.3, -0.25) is 9.59 Å². The highest BCUT2D eigenvalue weighted by Crippen LogP contribution is 2.55. The molecule has 1 spiro atoms. The molecular weight excluding hydrogens is 378 g/mol. The normalized spacial score (nSPS) is 41.9. The Labute approximate surface area is 181 Å². The van der Waals surface area contributed by atoms with Gasteiger partial charge in [-0.25, -0.2) is 0 Å². The predicted molar refractivity (Wildman–Crippen MR) is 118 cm³/mol. The third-order valence-corrected chi connectivity index (χ3v) is 7.72. The molecule has 1 aliphatic heterocycles. The number of ketones is 1. The first kappa shape index (κ1) is 23.2. The number of Topliss-reactive ketones (excluding diaryl/α,β-unsaturated/α-hetero) is 1. The maximum atomic E-state index is 14.0. The number of methoxy groups -OCH3 is 1. The van der Waals surface area contributed by atoms with Gasteiger partial charge in [-0.15, -0.1) is 0 Å². The number of aliphatic hydroxyl groups is 1. The van der Waals surface area contributed by atoms with Crippen LogP contribution in [0.2, 0.25) is 0 Å². The van der Waals surface area contributed by atoms with Gasteiger partial charge in [0.05, 0.1) is 12.2 Å². The van der Waals surface area contributed by atoms with Crippen molar-refractivity contribution in [2.45, 2.75) is 85.0 Å². The van der Waals surface area contributed by atoms with Crippen molar-refractivity contribution in [1.29, 1.82) is 0 Å². The summed E-state index contributed by atoms with van der Waals surface area (Å²) in [4.78, 5) is 27.6. The van der Waals surface area contributed by atoms with Crippen LogP contribution >= 0.6 is 0 Å². The van der Waals surface area contributed by atoms with Crippen LogP contribution < -0.4 is 5.32 Å². The minimum Gasteiger partial charge on any atom is -0.390 e. The van der Waals surface area contributed by atoms with Gasteiger partial charge in [-0.05, 0) is 51.4 Å². The second kappa shape index (κ2) is 8.96. The number of hydrogen-bond donors (Lipinski definition) is 2. The average Bonchev–Trinajstić information content (AvgIpc) is 2.94. The lowest BCUT2D eigenvalue weighted by Crippen LogP contribution is -2.53. The van der Waals surface area contributed by atoms with E-state index in [0.717, 1.165) is 19.3 Å². The molecule has 0 aromatic heterocycles. The number of allylic oxidation sites excluding steroid dienone is 4. The van der Waals surface area contributed by atoms with E-state index in [0.29, 0.717) is 12.3 Å². The van der Waals surface area contributed by atoms with Crippen LogP contribution in [0.1, 0.15) is 66.7 Å². The van der Waals surface area contributed by atoms with Crippen LogP contribution in [-0.2, 0) is 14.3 Å². The molecule has 5 heteroatoms. The molecule has 1 saturated heterocycles. The molecule has 2 aliphatic carbocycles. The number of carbonyl (C=O) groups is 2. The van der Waals surface area contributed by atoms with Crippen LogP contribution in [0.3, 0.4) is 0 Å². The Bertz CT molecular complexity index is 739. The van der Waals surface area contributed by atoms with Crippen LogP contribution in [-0.4, -0.2) is 42.2 Å². The Hall–Kier alpha value is -1.46. The molecule has 0 radical (unpaired) electrons. The van der Waals surface area contributed by atoms with E-state index >= 15 is 0 Å². The highest BCUT2D eigenvalue weighted by molar-refractivity contribution is 6.09. The molecule has 1 heterocycles. The van der Waals surface area contributed by atoms with Crippen molar-refractivity contribution in [3.63, 3.8) is 0 Å². The molecule has 0 aromatic rings. The van der Waals surface area contributed by atoms with Gasteiger partial charge in [-0.1, -0.05) is 44.1 Å². The minimum atomic E-state index is -1.12. The molecule has 1 amide bonds. The molecule has 1 fully saturated rings. The number of amides is 1. The Morgan fingerprint density at radius 1 is 1.27 bits per heavy atom. The lowest BCUT2D eigenvalue weighted by Gasteiger charge is -2.45. The lowest BCUT2D eigenvalue weighted by molar-refractivity contribution is -0.148. The Morgan fingerprint density at radius 2 is 1.97 bits per heavy atom. The van der Waals surface area contributed by atoms with Gasteiger partial charge in [-0.2, -0.15) is 0 Å². The number of nitrogens with one attached hydrogen (secondary N) is 1. The number of ether oxygens (including phenoxy) is 1. The zero-order chi connectivity index (χ0) is 22.2. The van der Waals surface area contributed by atoms with Gasteiger partial charge in [0.25, 0.3) is 0 Å². The van der Waals surface area contributed by atoms with E-state index in [9.17, 15) is 14.7 Å². The van der Waals surface area contributed by atoms with E-state index in [-0.39, 0.29) is 41.9 Å². The number of hydrogen-bond acceptors (Lipinski definition) is 4. The lowest BCUT2D eigenvalue weighted by atomic mass is 9.54. The van der Waals surface area contributed by atoms with Crippen molar-refractivity contribution in [2.75, 3.05) is 7.11 Å². The molecule has 0 unspecified atom stereocenters. The monoisotopic (exact) mass is 417 g/mol. The summed E-state index contributed by atoms with van der Waals surface area (Å²) in [5.74, 6) is -0.0146. The predicted octanol–water partition coefficient (Wildman–Crippen LogP) is 3.81. The van der Waals surface area contributed by atoms with Crippen LogP contribution in [0.15, 0.2) is 23.3 Å². The number of aliphatic hydroxyl groups excluding tert-OH is 1. The summed E-state index contributed by atoms with van der Waals surface area (Å²) in [6.07, 6.45) is 6.21. The highest BCUT2D eigenvalue weighted by atomic mass is 16.5. The summed E-state index contributed by atoms with van der Waals surface area (Å²) in [5, 5.41) is 13.9.